The summed E-state index contributed by atoms with van der Waals surface area (Å²) >= 11 is 0. The lowest BCUT2D eigenvalue weighted by molar-refractivity contribution is -0.385. The molecule has 0 aliphatic heterocycles. The molecule has 1 unspecified atom stereocenters. The van der Waals surface area contributed by atoms with Crippen LogP contribution in [0.1, 0.15) is 17.2 Å². The SMILES string of the molecule is COc1cccc(NC(=O)C(Oc2ccc([N+](=O)[O-])c(C)c2)c2ccccc2)c1. The van der Waals surface area contributed by atoms with Gasteiger partial charge in [0.2, 0.25) is 6.10 Å². The summed E-state index contributed by atoms with van der Waals surface area (Å²) in [5, 5.41) is 13.9. The molecule has 1 N–H and O–H groups in total. The van der Waals surface area contributed by atoms with Crippen LogP contribution in [0.15, 0.2) is 72.8 Å². The van der Waals surface area contributed by atoms with E-state index in [1.807, 2.05) is 18.2 Å². The fourth-order valence-corrected chi connectivity index (χ4v) is 2.85. The summed E-state index contributed by atoms with van der Waals surface area (Å²) < 4.78 is 11.1. The topological polar surface area (TPSA) is 90.7 Å². The summed E-state index contributed by atoms with van der Waals surface area (Å²) in [6.45, 7) is 1.62. The number of carbonyl (C=O) groups is 1. The summed E-state index contributed by atoms with van der Waals surface area (Å²) in [5.74, 6) is 0.606. The number of rotatable bonds is 7. The van der Waals surface area contributed by atoms with Gasteiger partial charge >= 0.3 is 0 Å². The largest absolute Gasteiger partial charge is 0.497 e. The maximum Gasteiger partial charge on any atom is 0.272 e. The highest BCUT2D eigenvalue weighted by Crippen LogP contribution is 2.28. The van der Waals surface area contributed by atoms with E-state index in [1.165, 1.54) is 12.1 Å². The normalized spacial score (nSPS) is 11.4. The molecule has 0 fully saturated rings. The zero-order valence-electron chi connectivity index (χ0n) is 16.0. The molecular weight excluding hydrogens is 372 g/mol. The number of nitrogens with zero attached hydrogens (tertiary/aromatic N) is 1. The van der Waals surface area contributed by atoms with Crippen molar-refractivity contribution in [1.82, 2.24) is 0 Å². The van der Waals surface area contributed by atoms with Gasteiger partial charge in [-0.05, 0) is 31.2 Å². The van der Waals surface area contributed by atoms with E-state index in [0.29, 0.717) is 28.3 Å². The first kappa shape index (κ1) is 19.9. The van der Waals surface area contributed by atoms with Crippen LogP contribution in [0.2, 0.25) is 0 Å². The minimum absolute atomic E-state index is 0.00515. The molecule has 0 aromatic heterocycles. The molecule has 3 rings (SSSR count). The quantitative estimate of drug-likeness (QED) is 0.466. The van der Waals surface area contributed by atoms with E-state index in [0.717, 1.165) is 0 Å². The van der Waals surface area contributed by atoms with Gasteiger partial charge in [-0.15, -0.1) is 0 Å². The molecule has 7 heteroatoms. The van der Waals surface area contributed by atoms with Crippen molar-refractivity contribution in [2.75, 3.05) is 12.4 Å². The number of nitrogens with one attached hydrogen (secondary N) is 1. The molecule has 148 valence electrons. The van der Waals surface area contributed by atoms with Gasteiger partial charge in [0.1, 0.15) is 11.5 Å². The molecule has 29 heavy (non-hydrogen) atoms. The number of ether oxygens (including phenoxy) is 2. The molecule has 3 aromatic carbocycles. The van der Waals surface area contributed by atoms with Crippen LogP contribution in [-0.2, 0) is 4.79 Å². The maximum absolute atomic E-state index is 13.0. The number of methoxy groups -OCH3 is 1. The molecule has 1 atom stereocenters. The standard InChI is InChI=1S/C22H20N2O5/c1-15-13-19(11-12-20(15)24(26)27)29-21(16-7-4-3-5-8-16)22(25)23-17-9-6-10-18(14-17)28-2/h3-14,21H,1-2H3,(H,23,25). The predicted molar refractivity (Wildman–Crippen MR) is 109 cm³/mol. The minimum Gasteiger partial charge on any atom is -0.497 e. The van der Waals surface area contributed by atoms with E-state index >= 15 is 0 Å². The Morgan fingerprint density at radius 3 is 2.41 bits per heavy atom. The lowest BCUT2D eigenvalue weighted by Gasteiger charge is -2.19. The van der Waals surface area contributed by atoms with E-state index in [9.17, 15) is 14.9 Å². The van der Waals surface area contributed by atoms with Crippen LogP contribution in [0.4, 0.5) is 11.4 Å². The van der Waals surface area contributed by atoms with Crippen LogP contribution in [0.25, 0.3) is 0 Å². The molecule has 0 heterocycles. The number of hydrogen-bond donors (Lipinski definition) is 1. The van der Waals surface area contributed by atoms with Gasteiger partial charge in [-0.2, -0.15) is 0 Å². The number of hydrogen-bond acceptors (Lipinski definition) is 5. The van der Waals surface area contributed by atoms with Crippen LogP contribution >= 0.6 is 0 Å². The van der Waals surface area contributed by atoms with Gasteiger partial charge in [-0.1, -0.05) is 36.4 Å². The van der Waals surface area contributed by atoms with Crippen molar-refractivity contribution in [3.63, 3.8) is 0 Å². The van der Waals surface area contributed by atoms with Crippen LogP contribution in [0.5, 0.6) is 11.5 Å². The van der Waals surface area contributed by atoms with E-state index < -0.39 is 11.0 Å². The lowest BCUT2D eigenvalue weighted by Crippen LogP contribution is -2.25. The van der Waals surface area contributed by atoms with Crippen molar-refractivity contribution in [3.05, 3.63) is 94.0 Å². The summed E-state index contributed by atoms with van der Waals surface area (Å²) in [6, 6.07) is 20.4. The van der Waals surface area contributed by atoms with Gasteiger partial charge in [-0.3, -0.25) is 14.9 Å². The highest BCUT2D eigenvalue weighted by atomic mass is 16.6. The Bertz CT molecular complexity index is 1020. The Labute approximate surface area is 168 Å². The molecule has 0 aliphatic rings. The zero-order chi connectivity index (χ0) is 20.8. The molecule has 0 aliphatic carbocycles. The summed E-state index contributed by atoms with van der Waals surface area (Å²) in [4.78, 5) is 23.6. The maximum atomic E-state index is 13.0. The first-order chi connectivity index (χ1) is 14.0. The molecule has 7 nitrogen and oxygen atoms in total. The van der Waals surface area contributed by atoms with Gasteiger partial charge in [-0.25, -0.2) is 0 Å². The third-order valence-corrected chi connectivity index (χ3v) is 4.30. The number of nitro benzene ring substituents is 1. The highest BCUT2D eigenvalue weighted by Gasteiger charge is 2.24. The smallest absolute Gasteiger partial charge is 0.272 e. The van der Waals surface area contributed by atoms with E-state index in [2.05, 4.69) is 5.32 Å². The third-order valence-electron chi connectivity index (χ3n) is 4.30. The van der Waals surface area contributed by atoms with Crippen molar-refractivity contribution < 1.29 is 19.2 Å². The summed E-state index contributed by atoms with van der Waals surface area (Å²) in [6.07, 6.45) is -0.941. The Kier molecular flexibility index (Phi) is 6.09. The first-order valence-corrected chi connectivity index (χ1v) is 8.89. The number of nitro groups is 1. The summed E-state index contributed by atoms with van der Waals surface area (Å²) in [7, 11) is 1.55. The highest BCUT2D eigenvalue weighted by molar-refractivity contribution is 5.95. The molecule has 3 aromatic rings. The van der Waals surface area contributed by atoms with Gasteiger partial charge in [0.15, 0.2) is 0 Å². The molecule has 0 bridgehead atoms. The molecular formula is C22H20N2O5. The number of aryl methyl sites for hydroxylation is 1. The second-order valence-corrected chi connectivity index (χ2v) is 6.34. The Morgan fingerprint density at radius 1 is 1.00 bits per heavy atom. The van der Waals surface area contributed by atoms with Gasteiger partial charge in [0.25, 0.3) is 11.6 Å². The van der Waals surface area contributed by atoms with Gasteiger partial charge in [0, 0.05) is 28.9 Å². The fourth-order valence-electron chi connectivity index (χ4n) is 2.85. The number of anilines is 1. The van der Waals surface area contributed by atoms with Crippen LogP contribution in [0.3, 0.4) is 0 Å². The second kappa shape index (κ2) is 8.88. The van der Waals surface area contributed by atoms with Crippen molar-refractivity contribution in [3.8, 4) is 11.5 Å². The van der Waals surface area contributed by atoms with Gasteiger partial charge < -0.3 is 14.8 Å². The Morgan fingerprint density at radius 2 is 1.76 bits per heavy atom. The molecule has 0 saturated heterocycles. The fraction of sp³-hybridized carbons (Fsp3) is 0.136. The second-order valence-electron chi connectivity index (χ2n) is 6.34. The molecule has 0 radical (unpaired) electrons. The predicted octanol–water partition coefficient (Wildman–Crippen LogP) is 4.67. The lowest BCUT2D eigenvalue weighted by atomic mass is 10.1. The van der Waals surface area contributed by atoms with E-state index in [1.54, 1.807) is 56.5 Å². The van der Waals surface area contributed by atoms with Crippen LogP contribution < -0.4 is 14.8 Å². The average Bonchev–Trinajstić information content (AvgIpc) is 2.72. The van der Waals surface area contributed by atoms with Crippen LogP contribution in [-0.4, -0.2) is 17.9 Å². The monoisotopic (exact) mass is 392 g/mol. The number of carbonyl (C=O) groups excluding carboxylic acids is 1. The van der Waals surface area contributed by atoms with Crippen molar-refractivity contribution in [1.29, 1.82) is 0 Å². The molecule has 1 amide bonds. The van der Waals surface area contributed by atoms with E-state index in [-0.39, 0.29) is 11.6 Å². The van der Waals surface area contributed by atoms with Crippen LogP contribution in [0, 0.1) is 17.0 Å². The number of amides is 1. The molecule has 0 spiro atoms. The van der Waals surface area contributed by atoms with Crippen molar-refractivity contribution in [2.24, 2.45) is 0 Å². The Balaban J connectivity index is 1.88. The third kappa shape index (κ3) is 4.90. The molecule has 0 saturated carbocycles. The van der Waals surface area contributed by atoms with Crippen molar-refractivity contribution >= 4 is 17.3 Å². The number of benzene rings is 3. The van der Waals surface area contributed by atoms with Crippen molar-refractivity contribution in [2.45, 2.75) is 13.0 Å². The Hall–Kier alpha value is -3.87. The van der Waals surface area contributed by atoms with Gasteiger partial charge in [0.05, 0.1) is 12.0 Å². The minimum atomic E-state index is -0.941. The zero-order valence-corrected chi connectivity index (χ0v) is 16.0. The average molecular weight is 392 g/mol. The first-order valence-electron chi connectivity index (χ1n) is 8.89. The van der Waals surface area contributed by atoms with E-state index in [4.69, 9.17) is 9.47 Å². The summed E-state index contributed by atoms with van der Waals surface area (Å²) in [5.41, 5.74) is 1.67.